The highest BCUT2D eigenvalue weighted by Crippen LogP contribution is 2.17. The highest BCUT2D eigenvalue weighted by Gasteiger charge is 2.13. The number of ether oxygens (including phenoxy) is 1. The van der Waals surface area contributed by atoms with Crippen molar-refractivity contribution in [1.29, 1.82) is 0 Å². The van der Waals surface area contributed by atoms with E-state index in [0.717, 1.165) is 11.4 Å². The molecule has 0 aliphatic rings. The predicted molar refractivity (Wildman–Crippen MR) is 61.8 cm³/mol. The minimum absolute atomic E-state index is 0.209. The van der Waals surface area contributed by atoms with Crippen LogP contribution in [0.5, 0.6) is 5.75 Å². The molecule has 0 unspecified atom stereocenters. The van der Waals surface area contributed by atoms with E-state index in [1.54, 1.807) is 30.8 Å². The topological polar surface area (TPSA) is 64.4 Å². The third-order valence-electron chi connectivity index (χ3n) is 2.56. The average Bonchev–Trinajstić information content (AvgIpc) is 2.71. The Kier molecular flexibility index (Phi) is 2.82. The number of benzene rings is 1. The molecule has 5 nitrogen and oxygen atoms in total. The molecule has 0 fully saturated rings. The van der Waals surface area contributed by atoms with Gasteiger partial charge in [0.05, 0.1) is 24.7 Å². The molecule has 0 atom stereocenters. The summed E-state index contributed by atoms with van der Waals surface area (Å²) >= 11 is 0. The van der Waals surface area contributed by atoms with Crippen LogP contribution in [0.2, 0.25) is 0 Å². The van der Waals surface area contributed by atoms with Gasteiger partial charge in [-0.2, -0.15) is 5.10 Å². The predicted octanol–water partition coefficient (Wildman–Crippen LogP) is 1.89. The van der Waals surface area contributed by atoms with Crippen LogP contribution < -0.4 is 4.74 Å². The first-order chi connectivity index (χ1) is 8.13. The molecule has 0 amide bonds. The van der Waals surface area contributed by atoms with Crippen LogP contribution in [0.15, 0.2) is 30.5 Å². The maximum absolute atomic E-state index is 10.9. The van der Waals surface area contributed by atoms with Crippen LogP contribution in [-0.2, 0) is 0 Å². The molecule has 5 heteroatoms. The van der Waals surface area contributed by atoms with Crippen molar-refractivity contribution in [1.82, 2.24) is 9.78 Å². The van der Waals surface area contributed by atoms with Crippen molar-refractivity contribution in [2.24, 2.45) is 0 Å². The van der Waals surface area contributed by atoms with E-state index >= 15 is 0 Å². The van der Waals surface area contributed by atoms with Crippen molar-refractivity contribution in [2.45, 2.75) is 6.92 Å². The zero-order valence-electron chi connectivity index (χ0n) is 9.54. The summed E-state index contributed by atoms with van der Waals surface area (Å²) in [6, 6.07) is 7.25. The number of methoxy groups -OCH3 is 1. The van der Waals surface area contributed by atoms with Crippen LogP contribution >= 0.6 is 0 Å². The van der Waals surface area contributed by atoms with E-state index < -0.39 is 5.97 Å². The van der Waals surface area contributed by atoms with Gasteiger partial charge < -0.3 is 9.84 Å². The van der Waals surface area contributed by atoms with Crippen molar-refractivity contribution in [2.75, 3.05) is 7.11 Å². The van der Waals surface area contributed by atoms with Crippen LogP contribution in [-0.4, -0.2) is 28.0 Å². The molecule has 0 radical (unpaired) electrons. The van der Waals surface area contributed by atoms with E-state index in [9.17, 15) is 4.79 Å². The Hall–Kier alpha value is -2.30. The maximum Gasteiger partial charge on any atom is 0.339 e. The normalized spacial score (nSPS) is 10.2. The summed E-state index contributed by atoms with van der Waals surface area (Å²) in [6.07, 6.45) is 1.35. The van der Waals surface area contributed by atoms with Crippen LogP contribution in [0.25, 0.3) is 5.69 Å². The Bertz CT molecular complexity index is 543. The van der Waals surface area contributed by atoms with Crippen molar-refractivity contribution < 1.29 is 14.6 Å². The van der Waals surface area contributed by atoms with E-state index in [0.29, 0.717) is 5.69 Å². The van der Waals surface area contributed by atoms with Crippen LogP contribution in [0, 0.1) is 6.92 Å². The fraction of sp³-hybridized carbons (Fsp3) is 0.167. The van der Waals surface area contributed by atoms with E-state index in [2.05, 4.69) is 5.10 Å². The third kappa shape index (κ3) is 1.99. The molecule has 17 heavy (non-hydrogen) atoms. The summed E-state index contributed by atoms with van der Waals surface area (Å²) in [5, 5.41) is 13.0. The second-order valence-electron chi connectivity index (χ2n) is 3.56. The van der Waals surface area contributed by atoms with Gasteiger partial charge in [0.25, 0.3) is 0 Å². The van der Waals surface area contributed by atoms with Gasteiger partial charge in [-0.25, -0.2) is 9.48 Å². The Morgan fingerprint density at radius 2 is 2.00 bits per heavy atom. The third-order valence-corrected chi connectivity index (χ3v) is 2.56. The summed E-state index contributed by atoms with van der Waals surface area (Å²) < 4.78 is 6.64. The molecule has 1 aromatic carbocycles. The number of aromatic nitrogens is 2. The molecular weight excluding hydrogens is 220 g/mol. The van der Waals surface area contributed by atoms with Crippen LogP contribution in [0.4, 0.5) is 0 Å². The number of hydrogen-bond acceptors (Lipinski definition) is 3. The highest BCUT2D eigenvalue weighted by molar-refractivity contribution is 5.88. The number of carboxylic acid groups (broad SMARTS) is 1. The van der Waals surface area contributed by atoms with E-state index in [1.165, 1.54) is 6.20 Å². The molecule has 0 bridgehead atoms. The van der Waals surface area contributed by atoms with E-state index in [4.69, 9.17) is 9.84 Å². The SMILES string of the molecule is COc1ccc(-n2ncc(C(=O)O)c2C)cc1. The summed E-state index contributed by atoms with van der Waals surface area (Å²) in [5.74, 6) is -0.223. The largest absolute Gasteiger partial charge is 0.497 e. The van der Waals surface area contributed by atoms with Crippen molar-refractivity contribution in [3.63, 3.8) is 0 Å². The molecule has 1 heterocycles. The molecular formula is C12H12N2O3. The first kappa shape index (κ1) is 11.2. The molecule has 1 N–H and O–H groups in total. The van der Waals surface area contributed by atoms with Gasteiger partial charge in [0.2, 0.25) is 0 Å². The lowest BCUT2D eigenvalue weighted by Gasteiger charge is -2.05. The zero-order chi connectivity index (χ0) is 12.4. The second kappa shape index (κ2) is 4.29. The lowest BCUT2D eigenvalue weighted by molar-refractivity contribution is 0.0696. The molecule has 0 saturated carbocycles. The Balaban J connectivity index is 2.42. The van der Waals surface area contributed by atoms with Gasteiger partial charge in [-0.1, -0.05) is 0 Å². The van der Waals surface area contributed by atoms with E-state index in [1.807, 2.05) is 12.1 Å². The molecule has 0 saturated heterocycles. The van der Waals surface area contributed by atoms with Crippen molar-refractivity contribution >= 4 is 5.97 Å². The number of hydrogen-bond donors (Lipinski definition) is 1. The Morgan fingerprint density at radius 1 is 1.35 bits per heavy atom. The Labute approximate surface area is 98.3 Å². The fourth-order valence-electron chi connectivity index (χ4n) is 1.60. The number of carboxylic acids is 1. The first-order valence-electron chi connectivity index (χ1n) is 5.06. The zero-order valence-corrected chi connectivity index (χ0v) is 9.54. The van der Waals surface area contributed by atoms with Gasteiger partial charge in [-0.05, 0) is 31.2 Å². The summed E-state index contributed by atoms with van der Waals surface area (Å²) in [4.78, 5) is 10.9. The average molecular weight is 232 g/mol. The number of rotatable bonds is 3. The molecule has 88 valence electrons. The number of carbonyl (C=O) groups is 1. The highest BCUT2D eigenvalue weighted by atomic mass is 16.5. The quantitative estimate of drug-likeness (QED) is 0.877. The molecule has 0 aliphatic carbocycles. The summed E-state index contributed by atoms with van der Waals surface area (Å²) in [7, 11) is 1.59. The summed E-state index contributed by atoms with van der Waals surface area (Å²) in [6.45, 7) is 1.72. The molecule has 2 aromatic rings. The van der Waals surface area contributed by atoms with E-state index in [-0.39, 0.29) is 5.56 Å². The smallest absolute Gasteiger partial charge is 0.339 e. The minimum atomic E-state index is -0.970. The lowest BCUT2D eigenvalue weighted by Crippen LogP contribution is -2.02. The number of nitrogens with zero attached hydrogens (tertiary/aromatic N) is 2. The fourth-order valence-corrected chi connectivity index (χ4v) is 1.60. The van der Waals surface area contributed by atoms with Crippen LogP contribution in [0.3, 0.4) is 0 Å². The molecule has 0 spiro atoms. The second-order valence-corrected chi connectivity index (χ2v) is 3.56. The minimum Gasteiger partial charge on any atom is -0.497 e. The molecule has 1 aromatic heterocycles. The van der Waals surface area contributed by atoms with Gasteiger partial charge in [0.15, 0.2) is 0 Å². The lowest BCUT2D eigenvalue weighted by atomic mass is 10.2. The van der Waals surface area contributed by atoms with Crippen molar-refractivity contribution in [3.8, 4) is 11.4 Å². The van der Waals surface area contributed by atoms with Gasteiger partial charge in [-0.3, -0.25) is 0 Å². The molecule has 0 aliphatic heterocycles. The Morgan fingerprint density at radius 3 is 2.47 bits per heavy atom. The first-order valence-corrected chi connectivity index (χ1v) is 5.06. The maximum atomic E-state index is 10.9. The van der Waals surface area contributed by atoms with Gasteiger partial charge >= 0.3 is 5.97 Å². The molecule has 2 rings (SSSR count). The van der Waals surface area contributed by atoms with Gasteiger partial charge in [0.1, 0.15) is 11.3 Å². The summed E-state index contributed by atoms with van der Waals surface area (Å²) in [5.41, 5.74) is 1.61. The van der Waals surface area contributed by atoms with Gasteiger partial charge in [0, 0.05) is 0 Å². The van der Waals surface area contributed by atoms with Gasteiger partial charge in [-0.15, -0.1) is 0 Å². The number of aromatic carboxylic acids is 1. The van der Waals surface area contributed by atoms with Crippen molar-refractivity contribution in [3.05, 3.63) is 41.7 Å². The van der Waals surface area contributed by atoms with Crippen LogP contribution in [0.1, 0.15) is 16.1 Å². The monoisotopic (exact) mass is 232 g/mol. The standard InChI is InChI=1S/C12H12N2O3/c1-8-11(12(15)16)7-13-14(8)9-3-5-10(17-2)6-4-9/h3-7H,1-2H3,(H,15,16).